The minimum atomic E-state index is -0.484. The number of aliphatic hydroxyl groups is 1. The number of rotatable bonds is 6. The van der Waals surface area contributed by atoms with Gasteiger partial charge in [-0.25, -0.2) is 0 Å². The Labute approximate surface area is 150 Å². The van der Waals surface area contributed by atoms with Crippen LogP contribution >= 0.6 is 0 Å². The number of piperidine rings is 1. The highest BCUT2D eigenvalue weighted by Gasteiger charge is 2.24. The molecule has 0 bridgehead atoms. The molecule has 25 heavy (non-hydrogen) atoms. The summed E-state index contributed by atoms with van der Waals surface area (Å²) in [7, 11) is 0. The van der Waals surface area contributed by atoms with Gasteiger partial charge in [0.05, 0.1) is 6.10 Å². The van der Waals surface area contributed by atoms with Gasteiger partial charge in [-0.15, -0.1) is 0 Å². The molecular weight excluding hydrogens is 310 g/mol. The second kappa shape index (κ2) is 8.50. The monoisotopic (exact) mass is 339 g/mol. The van der Waals surface area contributed by atoms with E-state index in [1.807, 2.05) is 12.1 Å². The van der Waals surface area contributed by atoms with Crippen LogP contribution in [-0.4, -0.2) is 34.7 Å². The number of hydrogen-bond acceptors (Lipinski definition) is 3. The Morgan fingerprint density at radius 3 is 2.28 bits per heavy atom. The second-order valence-corrected chi connectivity index (χ2v) is 7.45. The minimum absolute atomic E-state index is 0.176. The van der Waals surface area contributed by atoms with Crippen LogP contribution in [0.4, 0.5) is 0 Å². The molecule has 3 heteroatoms. The SMILES string of the molecule is CC(CN1CCC(Cc2ccccc2)CC1)[C@@H](O)c1ccc(O)cc1. The summed E-state index contributed by atoms with van der Waals surface area (Å²) < 4.78 is 0. The Kier molecular flexibility index (Phi) is 6.11. The molecule has 1 heterocycles. The van der Waals surface area contributed by atoms with E-state index < -0.39 is 6.10 Å². The van der Waals surface area contributed by atoms with Gasteiger partial charge in [-0.1, -0.05) is 49.4 Å². The first kappa shape index (κ1) is 18.0. The highest BCUT2D eigenvalue weighted by Crippen LogP contribution is 2.27. The molecule has 2 atom stereocenters. The molecule has 3 rings (SSSR count). The van der Waals surface area contributed by atoms with E-state index in [0.29, 0.717) is 0 Å². The molecule has 0 amide bonds. The van der Waals surface area contributed by atoms with Gasteiger partial charge in [0, 0.05) is 6.54 Å². The predicted octanol–water partition coefficient (Wildman–Crippen LogP) is 4.02. The molecule has 0 saturated carbocycles. The third-order valence-corrected chi connectivity index (χ3v) is 5.39. The fourth-order valence-electron chi connectivity index (χ4n) is 3.83. The Balaban J connectivity index is 1.46. The fourth-order valence-corrected chi connectivity index (χ4v) is 3.83. The Bertz CT molecular complexity index is 633. The molecule has 2 aromatic carbocycles. The van der Waals surface area contributed by atoms with E-state index in [0.717, 1.165) is 31.1 Å². The zero-order chi connectivity index (χ0) is 17.6. The van der Waals surface area contributed by atoms with E-state index in [4.69, 9.17) is 0 Å². The van der Waals surface area contributed by atoms with Crippen molar-refractivity contribution in [3.05, 3.63) is 65.7 Å². The van der Waals surface area contributed by atoms with Crippen LogP contribution in [0.25, 0.3) is 0 Å². The molecule has 2 aromatic rings. The average molecular weight is 339 g/mol. The van der Waals surface area contributed by atoms with Crippen LogP contribution in [0.1, 0.15) is 37.0 Å². The normalized spacial score (nSPS) is 18.8. The average Bonchev–Trinajstić information content (AvgIpc) is 2.64. The van der Waals surface area contributed by atoms with E-state index in [9.17, 15) is 10.2 Å². The van der Waals surface area contributed by atoms with Crippen LogP contribution in [0.3, 0.4) is 0 Å². The molecule has 1 fully saturated rings. The smallest absolute Gasteiger partial charge is 0.115 e. The number of aromatic hydroxyl groups is 1. The van der Waals surface area contributed by atoms with Gasteiger partial charge in [0.25, 0.3) is 0 Å². The maximum atomic E-state index is 10.5. The van der Waals surface area contributed by atoms with E-state index in [1.54, 1.807) is 12.1 Å². The van der Waals surface area contributed by atoms with Crippen molar-refractivity contribution in [2.24, 2.45) is 11.8 Å². The van der Waals surface area contributed by atoms with Crippen molar-refractivity contribution >= 4 is 0 Å². The molecule has 1 aliphatic rings. The first-order valence-electron chi connectivity index (χ1n) is 9.35. The Hall–Kier alpha value is -1.84. The van der Waals surface area contributed by atoms with Crippen molar-refractivity contribution < 1.29 is 10.2 Å². The topological polar surface area (TPSA) is 43.7 Å². The maximum absolute atomic E-state index is 10.5. The molecule has 0 radical (unpaired) electrons. The van der Waals surface area contributed by atoms with E-state index >= 15 is 0 Å². The number of hydrogen-bond donors (Lipinski definition) is 2. The standard InChI is InChI=1S/C22H29NO2/c1-17(22(25)20-7-9-21(24)10-8-20)16-23-13-11-19(12-14-23)15-18-5-3-2-4-6-18/h2-10,17,19,22,24-25H,11-16H2,1H3/t17?,22-/m1/s1. The number of benzene rings is 2. The molecular formula is C22H29NO2. The summed E-state index contributed by atoms with van der Waals surface area (Å²) in [5, 5.41) is 19.9. The first-order valence-corrected chi connectivity index (χ1v) is 9.35. The number of aliphatic hydroxyl groups excluding tert-OH is 1. The fraction of sp³-hybridized carbons (Fsp3) is 0.455. The van der Waals surface area contributed by atoms with Crippen LogP contribution in [0.15, 0.2) is 54.6 Å². The predicted molar refractivity (Wildman–Crippen MR) is 102 cm³/mol. The van der Waals surface area contributed by atoms with Crippen LogP contribution < -0.4 is 0 Å². The molecule has 3 nitrogen and oxygen atoms in total. The highest BCUT2D eigenvalue weighted by atomic mass is 16.3. The lowest BCUT2D eigenvalue weighted by molar-refractivity contribution is 0.0752. The Morgan fingerprint density at radius 2 is 1.64 bits per heavy atom. The molecule has 0 aliphatic carbocycles. The van der Waals surface area contributed by atoms with Crippen molar-refractivity contribution in [2.45, 2.75) is 32.3 Å². The largest absolute Gasteiger partial charge is 0.508 e. The zero-order valence-electron chi connectivity index (χ0n) is 15.0. The quantitative estimate of drug-likeness (QED) is 0.835. The van der Waals surface area contributed by atoms with Crippen molar-refractivity contribution in [2.75, 3.05) is 19.6 Å². The van der Waals surface area contributed by atoms with Crippen LogP contribution in [-0.2, 0) is 6.42 Å². The minimum Gasteiger partial charge on any atom is -0.508 e. The second-order valence-electron chi connectivity index (χ2n) is 7.45. The third-order valence-electron chi connectivity index (χ3n) is 5.39. The van der Waals surface area contributed by atoms with Crippen molar-refractivity contribution in [1.29, 1.82) is 0 Å². The van der Waals surface area contributed by atoms with Gasteiger partial charge in [0.1, 0.15) is 5.75 Å². The maximum Gasteiger partial charge on any atom is 0.115 e. The zero-order valence-corrected chi connectivity index (χ0v) is 15.0. The van der Waals surface area contributed by atoms with Crippen LogP contribution in [0.2, 0.25) is 0 Å². The van der Waals surface area contributed by atoms with Gasteiger partial charge < -0.3 is 15.1 Å². The summed E-state index contributed by atoms with van der Waals surface area (Å²) in [6.45, 7) is 5.25. The number of phenolic OH excluding ortho intramolecular Hbond substituents is 1. The van der Waals surface area contributed by atoms with Gasteiger partial charge in [0.15, 0.2) is 0 Å². The molecule has 2 N–H and O–H groups in total. The lowest BCUT2D eigenvalue weighted by Crippen LogP contribution is -2.38. The van der Waals surface area contributed by atoms with Gasteiger partial charge >= 0.3 is 0 Å². The summed E-state index contributed by atoms with van der Waals surface area (Å²) in [6, 6.07) is 17.7. The summed E-state index contributed by atoms with van der Waals surface area (Å²) in [6.07, 6.45) is 3.16. The summed E-state index contributed by atoms with van der Waals surface area (Å²) >= 11 is 0. The van der Waals surface area contributed by atoms with Crippen molar-refractivity contribution in [3.8, 4) is 5.75 Å². The summed E-state index contributed by atoms with van der Waals surface area (Å²) in [5.41, 5.74) is 2.32. The van der Waals surface area contributed by atoms with Crippen molar-refractivity contribution in [1.82, 2.24) is 4.90 Å². The first-order chi connectivity index (χ1) is 12.1. The lowest BCUT2D eigenvalue weighted by atomic mass is 9.89. The van der Waals surface area contributed by atoms with Gasteiger partial charge in [-0.05, 0) is 67.4 Å². The lowest BCUT2D eigenvalue weighted by Gasteiger charge is -2.34. The van der Waals surface area contributed by atoms with Crippen LogP contribution in [0.5, 0.6) is 5.75 Å². The third kappa shape index (κ3) is 5.07. The van der Waals surface area contributed by atoms with Gasteiger partial charge in [-0.2, -0.15) is 0 Å². The van der Waals surface area contributed by atoms with Crippen LogP contribution in [0, 0.1) is 11.8 Å². The molecule has 1 saturated heterocycles. The molecule has 0 spiro atoms. The Morgan fingerprint density at radius 1 is 1.00 bits per heavy atom. The van der Waals surface area contributed by atoms with E-state index in [2.05, 4.69) is 42.2 Å². The van der Waals surface area contributed by atoms with Gasteiger partial charge in [0.2, 0.25) is 0 Å². The van der Waals surface area contributed by atoms with Gasteiger partial charge in [-0.3, -0.25) is 0 Å². The van der Waals surface area contributed by atoms with E-state index in [1.165, 1.54) is 24.8 Å². The molecule has 1 aliphatic heterocycles. The summed E-state index contributed by atoms with van der Waals surface area (Å²) in [5.74, 6) is 1.19. The molecule has 134 valence electrons. The molecule has 0 aromatic heterocycles. The number of likely N-dealkylation sites (tertiary alicyclic amines) is 1. The summed E-state index contributed by atoms with van der Waals surface area (Å²) in [4.78, 5) is 2.48. The number of phenols is 1. The van der Waals surface area contributed by atoms with E-state index in [-0.39, 0.29) is 11.7 Å². The highest BCUT2D eigenvalue weighted by molar-refractivity contribution is 5.27. The number of nitrogens with zero attached hydrogens (tertiary/aromatic N) is 1. The molecule has 1 unspecified atom stereocenters. The van der Waals surface area contributed by atoms with Crippen molar-refractivity contribution in [3.63, 3.8) is 0 Å².